The average molecular weight is 293 g/mol. The highest BCUT2D eigenvalue weighted by atomic mass is 35.5. The Hall–Kier alpha value is -1.59. The van der Waals surface area contributed by atoms with Crippen LogP contribution in [0.1, 0.15) is 18.2 Å². The number of ether oxygens (including phenoxy) is 1. The highest BCUT2D eigenvalue weighted by Crippen LogP contribution is 2.31. The van der Waals surface area contributed by atoms with Crippen molar-refractivity contribution in [2.75, 3.05) is 6.54 Å². The second-order valence-corrected chi connectivity index (χ2v) is 5.34. The van der Waals surface area contributed by atoms with E-state index in [1.54, 1.807) is 0 Å². The molecule has 0 saturated carbocycles. The molecule has 2 heterocycles. The lowest BCUT2D eigenvalue weighted by Crippen LogP contribution is -2.21. The van der Waals surface area contributed by atoms with E-state index in [-0.39, 0.29) is 6.10 Å². The fraction of sp³-hybridized carbons (Fsp3) is 0.429. The Balaban J connectivity index is 1.61. The van der Waals surface area contributed by atoms with Crippen molar-refractivity contribution in [3.8, 4) is 5.75 Å². The predicted octanol–water partition coefficient (Wildman–Crippen LogP) is 2.04. The smallest absolute Gasteiger partial charge is 0.123 e. The third-order valence-electron chi connectivity index (χ3n) is 3.30. The summed E-state index contributed by atoms with van der Waals surface area (Å²) in [4.78, 5) is 0. The summed E-state index contributed by atoms with van der Waals surface area (Å²) in [6.45, 7) is 4.44. The third kappa shape index (κ3) is 2.94. The SMILES string of the molecule is CCNCc1cn(CC2Cc3cc(Cl)ccc3O2)nn1. The van der Waals surface area contributed by atoms with Crippen molar-refractivity contribution in [1.29, 1.82) is 0 Å². The van der Waals surface area contributed by atoms with Gasteiger partial charge < -0.3 is 10.1 Å². The van der Waals surface area contributed by atoms with Gasteiger partial charge in [-0.25, -0.2) is 4.68 Å². The lowest BCUT2D eigenvalue weighted by molar-refractivity contribution is 0.202. The molecule has 106 valence electrons. The second-order valence-electron chi connectivity index (χ2n) is 4.91. The molecule has 2 aromatic rings. The van der Waals surface area contributed by atoms with Crippen LogP contribution in [0, 0.1) is 0 Å². The van der Waals surface area contributed by atoms with E-state index in [1.165, 1.54) is 0 Å². The first-order valence-electron chi connectivity index (χ1n) is 6.79. The molecule has 1 aromatic carbocycles. The van der Waals surface area contributed by atoms with Crippen LogP contribution in [0.4, 0.5) is 0 Å². The highest BCUT2D eigenvalue weighted by molar-refractivity contribution is 6.30. The average Bonchev–Trinajstić information content (AvgIpc) is 3.02. The predicted molar refractivity (Wildman–Crippen MR) is 77.0 cm³/mol. The van der Waals surface area contributed by atoms with Crippen LogP contribution in [0.5, 0.6) is 5.75 Å². The van der Waals surface area contributed by atoms with Crippen molar-refractivity contribution in [2.24, 2.45) is 0 Å². The normalized spacial score (nSPS) is 17.0. The maximum atomic E-state index is 5.99. The number of benzene rings is 1. The van der Waals surface area contributed by atoms with Crippen LogP contribution in [0.3, 0.4) is 0 Å². The summed E-state index contributed by atoms with van der Waals surface area (Å²) >= 11 is 5.99. The summed E-state index contributed by atoms with van der Waals surface area (Å²) < 4.78 is 7.73. The Morgan fingerprint density at radius 1 is 1.50 bits per heavy atom. The van der Waals surface area contributed by atoms with E-state index >= 15 is 0 Å². The molecule has 5 nitrogen and oxygen atoms in total. The zero-order chi connectivity index (χ0) is 13.9. The van der Waals surface area contributed by atoms with Gasteiger partial charge in [-0.05, 0) is 30.3 Å². The van der Waals surface area contributed by atoms with Crippen LogP contribution in [0.2, 0.25) is 5.02 Å². The monoisotopic (exact) mass is 292 g/mol. The van der Waals surface area contributed by atoms with Crippen molar-refractivity contribution < 1.29 is 4.74 Å². The Bertz CT molecular complexity index is 599. The maximum absolute atomic E-state index is 5.99. The number of hydrogen-bond donors (Lipinski definition) is 1. The van der Waals surface area contributed by atoms with Crippen molar-refractivity contribution in [1.82, 2.24) is 20.3 Å². The molecule has 20 heavy (non-hydrogen) atoms. The molecular formula is C14H17ClN4O. The quantitative estimate of drug-likeness (QED) is 0.916. The zero-order valence-corrected chi connectivity index (χ0v) is 12.1. The number of fused-ring (bicyclic) bond motifs is 1. The van der Waals surface area contributed by atoms with Crippen LogP contribution < -0.4 is 10.1 Å². The molecule has 0 amide bonds. The fourth-order valence-electron chi connectivity index (χ4n) is 2.36. The highest BCUT2D eigenvalue weighted by Gasteiger charge is 2.23. The van der Waals surface area contributed by atoms with Crippen LogP contribution in [0.25, 0.3) is 0 Å². The lowest BCUT2D eigenvalue weighted by atomic mass is 10.1. The van der Waals surface area contributed by atoms with Gasteiger partial charge in [-0.1, -0.05) is 23.7 Å². The minimum atomic E-state index is 0.0946. The summed E-state index contributed by atoms with van der Waals surface area (Å²) in [6.07, 6.45) is 2.91. The van der Waals surface area contributed by atoms with E-state index in [4.69, 9.17) is 16.3 Å². The van der Waals surface area contributed by atoms with E-state index in [2.05, 4.69) is 22.6 Å². The summed E-state index contributed by atoms with van der Waals surface area (Å²) in [5, 5.41) is 12.2. The number of aromatic nitrogens is 3. The molecule has 0 saturated heterocycles. The van der Waals surface area contributed by atoms with Crippen LogP contribution in [-0.2, 0) is 19.5 Å². The molecule has 3 rings (SSSR count). The van der Waals surface area contributed by atoms with Gasteiger partial charge >= 0.3 is 0 Å². The Morgan fingerprint density at radius 3 is 3.25 bits per heavy atom. The van der Waals surface area contributed by atoms with Gasteiger partial charge in [-0.3, -0.25) is 0 Å². The summed E-state index contributed by atoms with van der Waals surface area (Å²) in [7, 11) is 0. The molecule has 0 fully saturated rings. The largest absolute Gasteiger partial charge is 0.488 e. The summed E-state index contributed by atoms with van der Waals surface area (Å²) in [5.41, 5.74) is 2.11. The molecule has 0 spiro atoms. The summed E-state index contributed by atoms with van der Waals surface area (Å²) in [5.74, 6) is 0.924. The van der Waals surface area contributed by atoms with Gasteiger partial charge in [0.2, 0.25) is 0 Å². The number of hydrogen-bond acceptors (Lipinski definition) is 4. The van der Waals surface area contributed by atoms with Gasteiger partial charge in [-0.15, -0.1) is 5.10 Å². The topological polar surface area (TPSA) is 52.0 Å². The molecule has 0 bridgehead atoms. The van der Waals surface area contributed by atoms with Crippen molar-refractivity contribution in [3.05, 3.63) is 40.7 Å². The molecule has 6 heteroatoms. The van der Waals surface area contributed by atoms with Crippen molar-refractivity contribution in [2.45, 2.75) is 32.5 Å². The molecule has 1 aliphatic heterocycles. The van der Waals surface area contributed by atoms with Crippen LogP contribution in [0.15, 0.2) is 24.4 Å². The molecule has 1 unspecified atom stereocenters. The molecule has 1 aliphatic rings. The summed E-state index contributed by atoms with van der Waals surface area (Å²) in [6, 6.07) is 5.75. The number of nitrogens with one attached hydrogen (secondary N) is 1. The van der Waals surface area contributed by atoms with E-state index in [9.17, 15) is 0 Å². The molecule has 0 radical (unpaired) electrons. The van der Waals surface area contributed by atoms with E-state index in [0.29, 0.717) is 6.54 Å². The molecule has 1 atom stereocenters. The Labute approximate surface area is 122 Å². The molecule has 1 aromatic heterocycles. The lowest BCUT2D eigenvalue weighted by Gasteiger charge is -2.09. The van der Waals surface area contributed by atoms with Crippen molar-refractivity contribution >= 4 is 11.6 Å². The van der Waals surface area contributed by atoms with Gasteiger partial charge in [-0.2, -0.15) is 0 Å². The minimum absolute atomic E-state index is 0.0946. The first-order valence-corrected chi connectivity index (χ1v) is 7.17. The number of rotatable bonds is 5. The van der Waals surface area contributed by atoms with Gasteiger partial charge in [0, 0.05) is 24.2 Å². The van der Waals surface area contributed by atoms with E-state index in [0.717, 1.165) is 41.5 Å². The molecular weight excluding hydrogens is 276 g/mol. The molecule has 1 N–H and O–H groups in total. The van der Waals surface area contributed by atoms with Gasteiger partial charge in [0.05, 0.1) is 12.2 Å². The molecule has 0 aliphatic carbocycles. The fourth-order valence-corrected chi connectivity index (χ4v) is 2.56. The number of nitrogens with zero attached hydrogens (tertiary/aromatic N) is 3. The Kier molecular flexibility index (Phi) is 3.89. The first kappa shape index (κ1) is 13.4. The van der Waals surface area contributed by atoms with Crippen LogP contribution in [-0.4, -0.2) is 27.6 Å². The minimum Gasteiger partial charge on any atom is -0.488 e. The number of halogens is 1. The third-order valence-corrected chi connectivity index (χ3v) is 3.53. The van der Waals surface area contributed by atoms with Crippen LogP contribution >= 0.6 is 11.6 Å². The van der Waals surface area contributed by atoms with Crippen molar-refractivity contribution in [3.63, 3.8) is 0 Å². The Morgan fingerprint density at radius 2 is 2.40 bits per heavy atom. The standard InChI is InChI=1S/C14H17ClN4O/c1-2-16-7-12-8-19(18-17-12)9-13-6-10-5-11(15)3-4-14(10)20-13/h3-5,8,13,16H,2,6-7,9H2,1H3. The van der Waals surface area contributed by atoms with Gasteiger partial charge in [0.15, 0.2) is 0 Å². The zero-order valence-electron chi connectivity index (χ0n) is 11.3. The maximum Gasteiger partial charge on any atom is 0.123 e. The second kappa shape index (κ2) is 5.81. The van der Waals surface area contributed by atoms with E-state index in [1.807, 2.05) is 29.1 Å². The first-order chi connectivity index (χ1) is 9.74. The van der Waals surface area contributed by atoms with Gasteiger partial charge in [0.1, 0.15) is 11.9 Å². The van der Waals surface area contributed by atoms with Gasteiger partial charge in [0.25, 0.3) is 0 Å². The van der Waals surface area contributed by atoms with E-state index < -0.39 is 0 Å².